The van der Waals surface area contributed by atoms with Crippen LogP contribution in [0.4, 0.5) is 5.69 Å². The van der Waals surface area contributed by atoms with E-state index in [1.54, 1.807) is 54.6 Å². The Morgan fingerprint density at radius 1 is 1.00 bits per heavy atom. The minimum atomic E-state index is -3.38. The summed E-state index contributed by atoms with van der Waals surface area (Å²) in [6, 6.07) is 16.6. The number of benzene rings is 2. The summed E-state index contributed by atoms with van der Waals surface area (Å²) in [7, 11) is -3.38. The predicted molar refractivity (Wildman–Crippen MR) is 100.0 cm³/mol. The van der Waals surface area contributed by atoms with Gasteiger partial charge in [0.25, 0.3) is 5.91 Å². The summed E-state index contributed by atoms with van der Waals surface area (Å²) in [6.07, 6.45) is 1.08. The molecule has 1 amide bonds. The van der Waals surface area contributed by atoms with Crippen molar-refractivity contribution in [2.24, 2.45) is 0 Å². The van der Waals surface area contributed by atoms with Gasteiger partial charge in [-0.1, -0.05) is 29.8 Å². The predicted octanol–water partition coefficient (Wildman–Crippen LogP) is 3.45. The van der Waals surface area contributed by atoms with E-state index in [-0.39, 0.29) is 10.9 Å². The lowest BCUT2D eigenvalue weighted by atomic mass is 10.1. The molecular weight excluding hydrogens is 374 g/mol. The zero-order valence-corrected chi connectivity index (χ0v) is 15.3. The molecule has 1 aromatic heterocycles. The van der Waals surface area contributed by atoms with Crippen molar-refractivity contribution in [2.45, 2.75) is 5.03 Å². The Bertz CT molecular complexity index is 1050. The monoisotopic (exact) mass is 387 g/mol. The summed E-state index contributed by atoms with van der Waals surface area (Å²) in [5, 5.41) is 10.8. The number of nitrogens with one attached hydrogen (secondary N) is 1. The average Bonchev–Trinajstić information content (AvgIpc) is 2.62. The molecule has 0 spiro atoms. The van der Waals surface area contributed by atoms with Crippen molar-refractivity contribution in [3.05, 3.63) is 71.2 Å². The van der Waals surface area contributed by atoms with Crippen LogP contribution in [-0.2, 0) is 9.84 Å². The molecule has 0 unspecified atom stereocenters. The van der Waals surface area contributed by atoms with E-state index in [0.29, 0.717) is 22.0 Å². The van der Waals surface area contributed by atoms with Gasteiger partial charge in [-0.25, -0.2) is 8.42 Å². The maximum absolute atomic E-state index is 12.2. The maximum Gasteiger partial charge on any atom is 0.255 e. The number of hydrogen-bond donors (Lipinski definition) is 1. The van der Waals surface area contributed by atoms with E-state index in [9.17, 15) is 13.2 Å². The fourth-order valence-corrected chi connectivity index (χ4v) is 2.92. The number of aromatic nitrogens is 2. The van der Waals surface area contributed by atoms with Crippen LogP contribution >= 0.6 is 11.6 Å². The number of halogens is 1. The van der Waals surface area contributed by atoms with Crippen LogP contribution in [0.3, 0.4) is 0 Å². The third-order valence-corrected chi connectivity index (χ3v) is 4.76. The number of anilines is 1. The number of nitrogens with zero attached hydrogens (tertiary/aromatic N) is 2. The normalized spacial score (nSPS) is 11.2. The van der Waals surface area contributed by atoms with Crippen LogP contribution in [0, 0.1) is 0 Å². The van der Waals surface area contributed by atoms with Gasteiger partial charge >= 0.3 is 0 Å². The first-order valence-electron chi connectivity index (χ1n) is 7.54. The lowest BCUT2D eigenvalue weighted by Gasteiger charge is -2.07. The molecule has 3 rings (SSSR count). The van der Waals surface area contributed by atoms with Gasteiger partial charge in [-0.05, 0) is 42.5 Å². The fourth-order valence-electron chi connectivity index (χ4n) is 2.23. The molecule has 0 radical (unpaired) electrons. The molecule has 0 saturated carbocycles. The number of sulfone groups is 1. The average molecular weight is 388 g/mol. The molecule has 0 aliphatic rings. The van der Waals surface area contributed by atoms with Gasteiger partial charge in [0.2, 0.25) is 0 Å². The summed E-state index contributed by atoms with van der Waals surface area (Å²) < 4.78 is 22.8. The Hall–Kier alpha value is -2.77. The number of rotatable bonds is 4. The zero-order chi connectivity index (χ0) is 18.7. The second-order valence-corrected chi connectivity index (χ2v) is 7.97. The quantitative estimate of drug-likeness (QED) is 0.740. The van der Waals surface area contributed by atoms with Crippen molar-refractivity contribution in [3.8, 4) is 11.3 Å². The Kier molecular flexibility index (Phi) is 5.01. The molecule has 3 aromatic rings. The van der Waals surface area contributed by atoms with Crippen molar-refractivity contribution in [2.75, 3.05) is 11.6 Å². The fraction of sp³-hybridized carbons (Fsp3) is 0.0556. The van der Waals surface area contributed by atoms with Gasteiger partial charge in [0.1, 0.15) is 0 Å². The maximum atomic E-state index is 12.2. The topological polar surface area (TPSA) is 89.0 Å². The van der Waals surface area contributed by atoms with E-state index < -0.39 is 9.84 Å². The molecule has 0 atom stereocenters. The van der Waals surface area contributed by atoms with E-state index in [1.807, 2.05) is 0 Å². The highest BCUT2D eigenvalue weighted by atomic mass is 35.5. The minimum absolute atomic E-state index is 0.0772. The van der Waals surface area contributed by atoms with Gasteiger partial charge in [-0.2, -0.15) is 0 Å². The standard InChI is InChI=1S/C18H14ClN3O3S/c1-26(24,25)17-10-9-16(21-22-17)12-5-7-15(8-6-12)20-18(23)13-3-2-4-14(19)11-13/h2-11H,1H3,(H,20,23). The summed E-state index contributed by atoms with van der Waals surface area (Å²) in [5.41, 5.74) is 2.35. The molecule has 8 heteroatoms. The van der Waals surface area contributed by atoms with Gasteiger partial charge in [0.15, 0.2) is 14.9 Å². The van der Waals surface area contributed by atoms with Crippen molar-refractivity contribution in [1.29, 1.82) is 0 Å². The van der Waals surface area contributed by atoms with E-state index in [1.165, 1.54) is 6.07 Å². The Labute approximate surface area is 155 Å². The van der Waals surface area contributed by atoms with E-state index in [0.717, 1.165) is 11.8 Å². The van der Waals surface area contributed by atoms with Crippen LogP contribution in [0.25, 0.3) is 11.3 Å². The van der Waals surface area contributed by atoms with Crippen LogP contribution < -0.4 is 5.32 Å². The Morgan fingerprint density at radius 3 is 2.31 bits per heavy atom. The highest BCUT2D eigenvalue weighted by Gasteiger charge is 2.10. The van der Waals surface area contributed by atoms with Crippen molar-refractivity contribution in [3.63, 3.8) is 0 Å². The van der Waals surface area contributed by atoms with Crippen LogP contribution in [0.5, 0.6) is 0 Å². The molecule has 26 heavy (non-hydrogen) atoms. The first kappa shape index (κ1) is 18.0. The third-order valence-electron chi connectivity index (χ3n) is 3.55. The third kappa shape index (κ3) is 4.25. The summed E-state index contributed by atoms with van der Waals surface area (Å²) >= 11 is 5.89. The van der Waals surface area contributed by atoms with Gasteiger partial charge in [-0.15, -0.1) is 10.2 Å². The highest BCUT2D eigenvalue weighted by molar-refractivity contribution is 7.90. The molecule has 0 aliphatic carbocycles. The number of carbonyl (C=O) groups excluding carboxylic acids is 1. The molecule has 1 N–H and O–H groups in total. The lowest BCUT2D eigenvalue weighted by Crippen LogP contribution is -2.11. The zero-order valence-electron chi connectivity index (χ0n) is 13.7. The molecule has 132 valence electrons. The lowest BCUT2D eigenvalue weighted by molar-refractivity contribution is 0.102. The van der Waals surface area contributed by atoms with Crippen LogP contribution in [0.2, 0.25) is 5.02 Å². The van der Waals surface area contributed by atoms with Crippen LogP contribution in [0.1, 0.15) is 10.4 Å². The first-order valence-corrected chi connectivity index (χ1v) is 9.81. The summed E-state index contributed by atoms with van der Waals surface area (Å²) in [6.45, 7) is 0. The second kappa shape index (κ2) is 7.23. The van der Waals surface area contributed by atoms with E-state index in [4.69, 9.17) is 11.6 Å². The van der Waals surface area contributed by atoms with Crippen molar-refractivity contribution >= 4 is 33.0 Å². The van der Waals surface area contributed by atoms with Gasteiger partial charge in [0.05, 0.1) is 5.69 Å². The summed E-state index contributed by atoms with van der Waals surface area (Å²) in [5.74, 6) is -0.266. The van der Waals surface area contributed by atoms with Crippen LogP contribution in [-0.4, -0.2) is 30.8 Å². The number of amides is 1. The summed E-state index contributed by atoms with van der Waals surface area (Å²) in [4.78, 5) is 12.2. The largest absolute Gasteiger partial charge is 0.322 e. The van der Waals surface area contributed by atoms with E-state index >= 15 is 0 Å². The van der Waals surface area contributed by atoms with E-state index in [2.05, 4.69) is 15.5 Å². The first-order chi connectivity index (χ1) is 12.3. The SMILES string of the molecule is CS(=O)(=O)c1ccc(-c2ccc(NC(=O)c3cccc(Cl)c3)cc2)nn1. The molecule has 2 aromatic carbocycles. The second-order valence-electron chi connectivity index (χ2n) is 5.57. The molecule has 6 nitrogen and oxygen atoms in total. The van der Waals surface area contributed by atoms with Crippen molar-refractivity contribution in [1.82, 2.24) is 10.2 Å². The Morgan fingerprint density at radius 2 is 1.73 bits per heavy atom. The highest BCUT2D eigenvalue weighted by Crippen LogP contribution is 2.20. The molecule has 0 fully saturated rings. The number of hydrogen-bond acceptors (Lipinski definition) is 5. The van der Waals surface area contributed by atoms with Gasteiger partial charge in [-0.3, -0.25) is 4.79 Å². The number of carbonyl (C=O) groups is 1. The molecule has 0 aliphatic heterocycles. The Balaban J connectivity index is 1.75. The van der Waals surface area contributed by atoms with Crippen molar-refractivity contribution < 1.29 is 13.2 Å². The molecule has 0 bridgehead atoms. The molecular formula is C18H14ClN3O3S. The van der Waals surface area contributed by atoms with Gasteiger partial charge < -0.3 is 5.32 Å². The minimum Gasteiger partial charge on any atom is -0.322 e. The van der Waals surface area contributed by atoms with Gasteiger partial charge in [0, 0.05) is 28.1 Å². The molecule has 1 heterocycles. The molecule has 0 saturated heterocycles. The smallest absolute Gasteiger partial charge is 0.255 e. The van der Waals surface area contributed by atoms with Crippen LogP contribution in [0.15, 0.2) is 65.7 Å².